The van der Waals surface area contributed by atoms with Crippen LogP contribution >= 0.6 is 0 Å². The molecule has 0 bridgehead atoms. The molecule has 8 heteroatoms. The van der Waals surface area contributed by atoms with Gasteiger partial charge in [0.2, 0.25) is 0 Å². The zero-order valence-corrected chi connectivity index (χ0v) is 9.89. The number of para-hydroxylation sites is 1. The third-order valence-electron chi connectivity index (χ3n) is 1.58. The second-order valence-corrected chi connectivity index (χ2v) is 6.25. The predicted octanol–water partition coefficient (Wildman–Crippen LogP) is 0.824. The van der Waals surface area contributed by atoms with Gasteiger partial charge in [0, 0.05) is 11.8 Å². The number of hydrogen-bond acceptors (Lipinski definition) is 5. The van der Waals surface area contributed by atoms with E-state index in [2.05, 4.69) is 4.18 Å². The zero-order valence-electron chi connectivity index (χ0n) is 8.25. The van der Waals surface area contributed by atoms with E-state index in [-0.39, 0.29) is 11.3 Å². The third kappa shape index (κ3) is 4.58. The Morgan fingerprint density at radius 2 is 1.75 bits per heavy atom. The predicted molar refractivity (Wildman–Crippen MR) is 55.6 cm³/mol. The van der Waals surface area contributed by atoms with E-state index in [1.54, 1.807) is 0 Å². The Morgan fingerprint density at radius 1 is 1.19 bits per heavy atom. The molecule has 0 spiro atoms. The Bertz CT molecular complexity index is 523. The van der Waals surface area contributed by atoms with Crippen molar-refractivity contribution in [3.05, 3.63) is 29.8 Å². The minimum atomic E-state index is -5.15. The van der Waals surface area contributed by atoms with Crippen LogP contribution in [-0.4, -0.2) is 23.1 Å². The maximum Gasteiger partial charge on any atom is 0.488 e. The van der Waals surface area contributed by atoms with E-state index in [0.29, 0.717) is 0 Å². The number of halogens is 1. The van der Waals surface area contributed by atoms with Gasteiger partial charge in [0.05, 0.1) is 5.75 Å². The van der Waals surface area contributed by atoms with Crippen molar-refractivity contribution in [1.82, 2.24) is 0 Å². The zero-order chi connectivity index (χ0) is 12.4. The largest absolute Gasteiger partial charge is 0.488 e. The summed E-state index contributed by atoms with van der Waals surface area (Å²) in [6.45, 7) is 0. The molecule has 0 N–H and O–H groups in total. The summed E-state index contributed by atoms with van der Waals surface area (Å²) in [6.07, 6.45) is 0.980. The van der Waals surface area contributed by atoms with E-state index in [9.17, 15) is 20.7 Å². The monoisotopic (exact) mass is 268 g/mol. The molecule has 5 nitrogen and oxygen atoms in total. The fourth-order valence-corrected chi connectivity index (χ4v) is 2.27. The first-order valence-corrected chi connectivity index (χ1v) is 7.44. The van der Waals surface area contributed by atoms with Crippen LogP contribution < -0.4 is 4.18 Å². The van der Waals surface area contributed by atoms with E-state index >= 15 is 0 Å². The molecule has 1 rings (SSSR count). The van der Waals surface area contributed by atoms with Gasteiger partial charge in [0.1, 0.15) is 5.75 Å². The molecule has 0 fully saturated rings. The second-order valence-electron chi connectivity index (χ2n) is 3.15. The highest BCUT2D eigenvalue weighted by Gasteiger charge is 2.15. The van der Waals surface area contributed by atoms with Crippen LogP contribution in [0.5, 0.6) is 5.75 Å². The molecule has 0 unspecified atom stereocenters. The van der Waals surface area contributed by atoms with Crippen molar-refractivity contribution < 1.29 is 24.9 Å². The number of hydrogen-bond donors (Lipinski definition) is 0. The van der Waals surface area contributed by atoms with Crippen molar-refractivity contribution in [2.75, 3.05) is 6.26 Å². The topological polar surface area (TPSA) is 77.5 Å². The van der Waals surface area contributed by atoms with Gasteiger partial charge in [-0.2, -0.15) is 8.42 Å². The molecular weight excluding hydrogens is 259 g/mol. The van der Waals surface area contributed by atoms with Crippen molar-refractivity contribution in [2.45, 2.75) is 5.75 Å². The summed E-state index contributed by atoms with van der Waals surface area (Å²) < 4.78 is 58.9. The highest BCUT2D eigenvalue weighted by molar-refractivity contribution is 7.89. The Kier molecular flexibility index (Phi) is 3.54. The van der Waals surface area contributed by atoms with Gasteiger partial charge in [-0.1, -0.05) is 22.1 Å². The van der Waals surface area contributed by atoms with E-state index in [0.717, 1.165) is 6.26 Å². The van der Waals surface area contributed by atoms with Crippen LogP contribution in [-0.2, 0) is 26.1 Å². The Hall–Kier alpha value is -1.15. The summed E-state index contributed by atoms with van der Waals surface area (Å²) in [4.78, 5) is 0. The summed E-state index contributed by atoms with van der Waals surface area (Å²) >= 11 is 0. The Morgan fingerprint density at radius 3 is 2.25 bits per heavy atom. The number of sulfone groups is 1. The van der Waals surface area contributed by atoms with Crippen molar-refractivity contribution in [3.63, 3.8) is 0 Å². The molecule has 0 atom stereocenters. The third-order valence-corrected chi connectivity index (χ3v) is 2.79. The average molecular weight is 268 g/mol. The molecule has 1 aromatic carbocycles. The standard InChI is InChI=1S/C8H9FO5S2/c1-15(10,11)6-7-4-2-3-5-8(7)14-16(9,12)13/h2-5H,6H2,1H3. The molecule has 0 saturated carbocycles. The van der Waals surface area contributed by atoms with Gasteiger partial charge in [-0.15, -0.1) is 0 Å². The molecular formula is C8H9FO5S2. The van der Waals surface area contributed by atoms with E-state index < -0.39 is 26.1 Å². The van der Waals surface area contributed by atoms with Gasteiger partial charge in [-0.3, -0.25) is 0 Å². The molecule has 0 aromatic heterocycles. The molecule has 16 heavy (non-hydrogen) atoms. The molecule has 0 aliphatic carbocycles. The van der Waals surface area contributed by atoms with Crippen LogP contribution in [0.25, 0.3) is 0 Å². The van der Waals surface area contributed by atoms with Gasteiger partial charge in [0.25, 0.3) is 0 Å². The van der Waals surface area contributed by atoms with E-state index in [4.69, 9.17) is 0 Å². The minimum Gasteiger partial charge on any atom is -0.358 e. The summed E-state index contributed by atoms with van der Waals surface area (Å²) in [5, 5.41) is 0. The smallest absolute Gasteiger partial charge is 0.358 e. The van der Waals surface area contributed by atoms with Crippen LogP contribution in [0.4, 0.5) is 3.89 Å². The lowest BCUT2D eigenvalue weighted by molar-refractivity contribution is 0.438. The van der Waals surface area contributed by atoms with Gasteiger partial charge in [-0.25, -0.2) is 8.42 Å². The number of rotatable bonds is 4. The normalized spacial score (nSPS) is 12.4. The first-order chi connectivity index (χ1) is 7.17. The van der Waals surface area contributed by atoms with Gasteiger partial charge < -0.3 is 4.18 Å². The molecule has 1 aromatic rings. The van der Waals surface area contributed by atoms with Gasteiger partial charge in [0.15, 0.2) is 9.84 Å². The van der Waals surface area contributed by atoms with Crippen LogP contribution in [0, 0.1) is 0 Å². The average Bonchev–Trinajstić information content (AvgIpc) is 2.03. The van der Waals surface area contributed by atoms with Crippen LogP contribution in [0.2, 0.25) is 0 Å². The lowest BCUT2D eigenvalue weighted by Crippen LogP contribution is -2.07. The second kappa shape index (κ2) is 4.38. The van der Waals surface area contributed by atoms with Gasteiger partial charge in [-0.05, 0) is 6.07 Å². The van der Waals surface area contributed by atoms with Crippen molar-refractivity contribution in [2.24, 2.45) is 0 Å². The molecule has 0 saturated heterocycles. The SMILES string of the molecule is CS(=O)(=O)Cc1ccccc1OS(=O)(=O)F. The van der Waals surface area contributed by atoms with Crippen LogP contribution in [0.3, 0.4) is 0 Å². The van der Waals surface area contributed by atoms with Crippen LogP contribution in [0.1, 0.15) is 5.56 Å². The van der Waals surface area contributed by atoms with Crippen LogP contribution in [0.15, 0.2) is 24.3 Å². The fraction of sp³-hybridized carbons (Fsp3) is 0.250. The van der Waals surface area contributed by atoms with Crippen molar-refractivity contribution >= 4 is 20.3 Å². The first kappa shape index (κ1) is 12.9. The summed E-state index contributed by atoms with van der Waals surface area (Å²) in [6, 6.07) is 5.43. The summed E-state index contributed by atoms with van der Waals surface area (Å²) in [5.74, 6) is -0.742. The molecule has 0 aliphatic heterocycles. The Labute approximate surface area is 93.2 Å². The summed E-state index contributed by atoms with van der Waals surface area (Å²) in [7, 11) is -8.50. The lowest BCUT2D eigenvalue weighted by atomic mass is 10.2. The molecule has 0 amide bonds. The number of benzene rings is 1. The highest BCUT2D eigenvalue weighted by atomic mass is 32.3. The summed E-state index contributed by atoms with van der Waals surface area (Å²) in [5.41, 5.74) is 0.0891. The van der Waals surface area contributed by atoms with Crippen molar-refractivity contribution in [1.29, 1.82) is 0 Å². The maximum atomic E-state index is 12.3. The molecule has 0 aliphatic rings. The van der Waals surface area contributed by atoms with E-state index in [1.807, 2.05) is 0 Å². The fourth-order valence-electron chi connectivity index (χ4n) is 1.09. The molecule has 0 heterocycles. The first-order valence-electron chi connectivity index (χ1n) is 4.07. The van der Waals surface area contributed by atoms with Crippen molar-refractivity contribution in [3.8, 4) is 5.75 Å². The minimum absolute atomic E-state index is 0.0891. The molecule has 90 valence electrons. The quantitative estimate of drug-likeness (QED) is 0.756. The molecule has 0 radical (unpaired) electrons. The Balaban J connectivity index is 3.11. The lowest BCUT2D eigenvalue weighted by Gasteiger charge is -2.06. The van der Waals surface area contributed by atoms with E-state index in [1.165, 1.54) is 24.3 Å². The maximum absolute atomic E-state index is 12.3. The van der Waals surface area contributed by atoms with Gasteiger partial charge >= 0.3 is 10.5 Å². The highest BCUT2D eigenvalue weighted by Crippen LogP contribution is 2.22.